The molecule has 0 aliphatic carbocycles. The van der Waals surface area contributed by atoms with Crippen molar-refractivity contribution >= 4 is 11.9 Å². The predicted molar refractivity (Wildman–Crippen MR) is 94.8 cm³/mol. The number of nitrogens with one attached hydrogen (secondary N) is 1. The predicted octanol–water partition coefficient (Wildman–Crippen LogP) is 2.77. The number of benzene rings is 2. The van der Waals surface area contributed by atoms with Crippen molar-refractivity contribution < 1.29 is 23.8 Å². The molecule has 0 saturated carbocycles. The van der Waals surface area contributed by atoms with Crippen LogP contribution in [0.25, 0.3) is 0 Å². The molecule has 136 valence electrons. The van der Waals surface area contributed by atoms with Gasteiger partial charge in [-0.05, 0) is 36.6 Å². The van der Waals surface area contributed by atoms with E-state index in [4.69, 9.17) is 14.2 Å². The highest BCUT2D eigenvalue weighted by Gasteiger charge is 2.17. The molecule has 6 nitrogen and oxygen atoms in total. The van der Waals surface area contributed by atoms with E-state index in [0.29, 0.717) is 17.9 Å². The molecule has 0 spiro atoms. The molecule has 1 heterocycles. The van der Waals surface area contributed by atoms with Crippen molar-refractivity contribution in [3.63, 3.8) is 0 Å². The van der Waals surface area contributed by atoms with E-state index in [2.05, 4.69) is 5.32 Å². The summed E-state index contributed by atoms with van der Waals surface area (Å²) in [5, 5.41) is 2.80. The summed E-state index contributed by atoms with van der Waals surface area (Å²) in [5.41, 5.74) is 1.95. The molecule has 1 atom stereocenters. The summed E-state index contributed by atoms with van der Waals surface area (Å²) in [5.74, 6) is 0.624. The zero-order valence-corrected chi connectivity index (χ0v) is 14.6. The first-order valence-electron chi connectivity index (χ1n) is 8.50. The van der Waals surface area contributed by atoms with Crippen LogP contribution >= 0.6 is 0 Å². The highest BCUT2D eigenvalue weighted by molar-refractivity contribution is 5.80. The van der Waals surface area contributed by atoms with E-state index < -0.39 is 0 Å². The second-order valence-corrected chi connectivity index (χ2v) is 6.05. The average Bonchev–Trinajstić information content (AvgIpc) is 3.13. The number of fused-ring (bicyclic) bond motifs is 1. The summed E-state index contributed by atoms with van der Waals surface area (Å²) in [7, 11) is 0. The van der Waals surface area contributed by atoms with Gasteiger partial charge in [-0.15, -0.1) is 0 Å². The van der Waals surface area contributed by atoms with Crippen LogP contribution in [0.3, 0.4) is 0 Å². The lowest BCUT2D eigenvalue weighted by Gasteiger charge is -2.15. The van der Waals surface area contributed by atoms with Crippen LogP contribution in [-0.4, -0.2) is 25.3 Å². The minimum Gasteiger partial charge on any atom is -0.456 e. The number of amides is 1. The van der Waals surface area contributed by atoms with Crippen molar-refractivity contribution in [2.75, 3.05) is 13.4 Å². The number of esters is 1. The molecule has 0 aromatic heterocycles. The molecular formula is C20H21NO5. The van der Waals surface area contributed by atoms with Crippen LogP contribution in [-0.2, 0) is 20.7 Å². The number of rotatable bonds is 7. The fraction of sp³-hybridized carbons (Fsp3) is 0.300. The van der Waals surface area contributed by atoms with E-state index in [9.17, 15) is 9.59 Å². The Labute approximate surface area is 152 Å². The smallest absolute Gasteiger partial charge is 0.306 e. The molecule has 1 N–H and O–H groups in total. The summed E-state index contributed by atoms with van der Waals surface area (Å²) in [6.07, 6.45) is 0.837. The molecule has 1 aliphatic heterocycles. The van der Waals surface area contributed by atoms with Gasteiger partial charge in [-0.25, -0.2) is 0 Å². The molecule has 6 heteroatoms. The third kappa shape index (κ3) is 4.75. The van der Waals surface area contributed by atoms with E-state index >= 15 is 0 Å². The second-order valence-electron chi connectivity index (χ2n) is 6.05. The Morgan fingerprint density at radius 1 is 1.12 bits per heavy atom. The maximum Gasteiger partial charge on any atom is 0.306 e. The van der Waals surface area contributed by atoms with Crippen LogP contribution in [0.5, 0.6) is 11.5 Å². The standard InChI is InChI=1S/C20H21NO5/c1-14(16-8-9-17-18(11-16)26-13-25-17)21-19(22)12-24-20(23)10-7-15-5-3-2-4-6-15/h2-6,8-9,11,14H,7,10,12-13H2,1H3,(H,21,22)/t14-/m0/s1. The normalized spacial score (nSPS) is 13.1. The Morgan fingerprint density at radius 2 is 1.88 bits per heavy atom. The number of aryl methyl sites for hydroxylation is 1. The molecule has 0 unspecified atom stereocenters. The van der Waals surface area contributed by atoms with Gasteiger partial charge in [0.2, 0.25) is 6.79 Å². The van der Waals surface area contributed by atoms with Crippen LogP contribution in [0.15, 0.2) is 48.5 Å². The summed E-state index contributed by atoms with van der Waals surface area (Å²) in [4.78, 5) is 23.8. The van der Waals surface area contributed by atoms with Gasteiger partial charge >= 0.3 is 5.97 Å². The van der Waals surface area contributed by atoms with Crippen molar-refractivity contribution in [1.29, 1.82) is 0 Å². The first-order chi connectivity index (χ1) is 12.6. The first-order valence-corrected chi connectivity index (χ1v) is 8.50. The van der Waals surface area contributed by atoms with E-state index in [1.165, 1.54) is 0 Å². The molecule has 3 rings (SSSR count). The molecule has 1 aliphatic rings. The van der Waals surface area contributed by atoms with E-state index in [1.54, 1.807) is 0 Å². The molecule has 0 radical (unpaired) electrons. The van der Waals surface area contributed by atoms with Crippen molar-refractivity contribution in [3.8, 4) is 11.5 Å². The number of hydrogen-bond donors (Lipinski definition) is 1. The lowest BCUT2D eigenvalue weighted by molar-refractivity contribution is -0.148. The Hall–Kier alpha value is -3.02. The SMILES string of the molecule is C[C@H](NC(=O)COC(=O)CCc1ccccc1)c1ccc2c(c1)OCO2. The van der Waals surface area contributed by atoms with Gasteiger partial charge in [-0.1, -0.05) is 36.4 Å². The molecule has 0 bridgehead atoms. The Morgan fingerprint density at radius 3 is 2.69 bits per heavy atom. The summed E-state index contributed by atoms with van der Waals surface area (Å²) in [6, 6.07) is 14.9. The maximum absolute atomic E-state index is 12.0. The minimum atomic E-state index is -0.389. The van der Waals surface area contributed by atoms with Gasteiger partial charge in [0.05, 0.1) is 6.04 Å². The van der Waals surface area contributed by atoms with Crippen molar-refractivity contribution in [3.05, 3.63) is 59.7 Å². The van der Waals surface area contributed by atoms with Gasteiger partial charge in [-0.2, -0.15) is 0 Å². The molecule has 26 heavy (non-hydrogen) atoms. The largest absolute Gasteiger partial charge is 0.456 e. The fourth-order valence-corrected chi connectivity index (χ4v) is 2.66. The van der Waals surface area contributed by atoms with Crippen LogP contribution in [0, 0.1) is 0 Å². The highest BCUT2D eigenvalue weighted by Crippen LogP contribution is 2.34. The van der Waals surface area contributed by atoms with Gasteiger partial charge in [0.1, 0.15) is 0 Å². The van der Waals surface area contributed by atoms with Gasteiger partial charge in [0, 0.05) is 6.42 Å². The molecule has 0 fully saturated rings. The number of hydrogen-bond acceptors (Lipinski definition) is 5. The van der Waals surface area contributed by atoms with E-state index in [-0.39, 0.29) is 37.7 Å². The van der Waals surface area contributed by atoms with E-state index in [1.807, 2.05) is 55.5 Å². The van der Waals surface area contributed by atoms with E-state index in [0.717, 1.165) is 11.1 Å². The van der Waals surface area contributed by atoms with Crippen LogP contribution < -0.4 is 14.8 Å². The topological polar surface area (TPSA) is 73.9 Å². The number of carbonyl (C=O) groups excluding carboxylic acids is 2. The molecule has 2 aromatic carbocycles. The maximum atomic E-state index is 12.0. The lowest BCUT2D eigenvalue weighted by atomic mass is 10.1. The minimum absolute atomic E-state index is 0.207. The molecular weight excluding hydrogens is 334 g/mol. The zero-order valence-electron chi connectivity index (χ0n) is 14.6. The van der Waals surface area contributed by atoms with Crippen LogP contribution in [0.1, 0.15) is 30.5 Å². The van der Waals surface area contributed by atoms with Crippen LogP contribution in [0.4, 0.5) is 0 Å². The summed E-state index contributed by atoms with van der Waals surface area (Å²) in [6.45, 7) is 1.77. The second kappa shape index (κ2) is 8.38. The average molecular weight is 355 g/mol. The zero-order chi connectivity index (χ0) is 18.4. The molecule has 1 amide bonds. The third-order valence-corrected chi connectivity index (χ3v) is 4.10. The Kier molecular flexibility index (Phi) is 5.73. The van der Waals surface area contributed by atoms with Crippen molar-refractivity contribution in [1.82, 2.24) is 5.32 Å². The quantitative estimate of drug-likeness (QED) is 0.773. The Balaban J connectivity index is 1.41. The number of carbonyl (C=O) groups is 2. The fourth-order valence-electron chi connectivity index (χ4n) is 2.66. The van der Waals surface area contributed by atoms with Crippen molar-refractivity contribution in [2.45, 2.75) is 25.8 Å². The highest BCUT2D eigenvalue weighted by atomic mass is 16.7. The molecule has 0 saturated heterocycles. The number of ether oxygens (including phenoxy) is 3. The van der Waals surface area contributed by atoms with Gasteiger partial charge in [0.15, 0.2) is 18.1 Å². The summed E-state index contributed by atoms with van der Waals surface area (Å²) < 4.78 is 15.6. The lowest BCUT2D eigenvalue weighted by Crippen LogP contribution is -2.31. The van der Waals surface area contributed by atoms with Crippen LogP contribution in [0.2, 0.25) is 0 Å². The monoisotopic (exact) mass is 355 g/mol. The Bertz CT molecular complexity index is 775. The van der Waals surface area contributed by atoms with Gasteiger partial charge < -0.3 is 19.5 Å². The molecule has 2 aromatic rings. The van der Waals surface area contributed by atoms with Gasteiger partial charge in [-0.3, -0.25) is 9.59 Å². The summed E-state index contributed by atoms with van der Waals surface area (Å²) >= 11 is 0. The van der Waals surface area contributed by atoms with Crippen molar-refractivity contribution in [2.24, 2.45) is 0 Å². The first kappa shape index (κ1) is 17.8. The van der Waals surface area contributed by atoms with Gasteiger partial charge in [0.25, 0.3) is 5.91 Å². The third-order valence-electron chi connectivity index (χ3n) is 4.10.